The van der Waals surface area contributed by atoms with E-state index in [1.54, 1.807) is 13.8 Å². The van der Waals surface area contributed by atoms with Crippen molar-refractivity contribution in [3.63, 3.8) is 0 Å². The smallest absolute Gasteiger partial charge is 0.331 e. The van der Waals surface area contributed by atoms with Gasteiger partial charge in [0, 0.05) is 5.92 Å². The molecule has 0 radical (unpaired) electrons. The van der Waals surface area contributed by atoms with Gasteiger partial charge in [-0.2, -0.15) is 0 Å². The van der Waals surface area contributed by atoms with Crippen LogP contribution in [0.25, 0.3) is 0 Å². The van der Waals surface area contributed by atoms with Gasteiger partial charge in [0.15, 0.2) is 21.2 Å². The number of aliphatic carboxylic acids is 1. The molecule has 1 N–H and O–H groups in total. The Labute approximate surface area is 117 Å². The van der Waals surface area contributed by atoms with E-state index in [-0.39, 0.29) is 17.4 Å². The Bertz CT molecular complexity index is 606. The van der Waals surface area contributed by atoms with Crippen molar-refractivity contribution in [2.24, 2.45) is 0 Å². The third-order valence-electron chi connectivity index (χ3n) is 4.06. The van der Waals surface area contributed by atoms with Crippen molar-refractivity contribution >= 4 is 15.8 Å². The lowest BCUT2D eigenvalue weighted by Crippen LogP contribution is -2.43. The number of carboxylic acid groups (broad SMARTS) is 1. The highest BCUT2D eigenvalue weighted by Crippen LogP contribution is 2.32. The minimum atomic E-state index is -3.07. The van der Waals surface area contributed by atoms with Crippen molar-refractivity contribution < 1.29 is 18.3 Å². The summed E-state index contributed by atoms with van der Waals surface area (Å²) in [7, 11) is -3.07. The number of hydrogen-bond donors (Lipinski definition) is 1. The third kappa shape index (κ3) is 2.30. The lowest BCUT2D eigenvalue weighted by atomic mass is 9.92. The minimum Gasteiger partial charge on any atom is -0.479 e. The summed E-state index contributed by atoms with van der Waals surface area (Å²) in [6.45, 7) is 3.52. The number of tetrazole rings is 1. The van der Waals surface area contributed by atoms with Gasteiger partial charge in [-0.25, -0.2) is 17.9 Å². The Morgan fingerprint density at radius 2 is 2.10 bits per heavy atom. The van der Waals surface area contributed by atoms with Crippen molar-refractivity contribution in [3.05, 3.63) is 5.82 Å². The molecular weight excluding hydrogens is 284 g/mol. The van der Waals surface area contributed by atoms with Crippen LogP contribution in [0.4, 0.5) is 0 Å². The summed E-state index contributed by atoms with van der Waals surface area (Å²) in [5.74, 6) is -0.889. The molecule has 0 aliphatic carbocycles. The van der Waals surface area contributed by atoms with E-state index in [2.05, 4.69) is 15.5 Å². The zero-order chi connectivity index (χ0) is 15.0. The first-order valence-electron chi connectivity index (χ1n) is 6.59. The molecule has 2 rings (SSSR count). The summed E-state index contributed by atoms with van der Waals surface area (Å²) >= 11 is 0. The summed E-state index contributed by atoms with van der Waals surface area (Å²) < 4.78 is 24.5. The first-order valence-corrected chi connectivity index (χ1v) is 8.41. The van der Waals surface area contributed by atoms with Gasteiger partial charge < -0.3 is 5.11 Å². The lowest BCUT2D eigenvalue weighted by Gasteiger charge is -2.28. The SMILES string of the molecule is CCC(CC)(C(=O)O)n1nnnc1C1CCS(=O)(=O)C1. The zero-order valence-electron chi connectivity index (χ0n) is 11.5. The van der Waals surface area contributed by atoms with Gasteiger partial charge in [-0.3, -0.25) is 0 Å². The Morgan fingerprint density at radius 1 is 1.45 bits per heavy atom. The van der Waals surface area contributed by atoms with Gasteiger partial charge in [0.2, 0.25) is 0 Å². The van der Waals surface area contributed by atoms with Crippen molar-refractivity contribution in [1.82, 2.24) is 20.2 Å². The summed E-state index contributed by atoms with van der Waals surface area (Å²) in [5, 5.41) is 20.8. The number of sulfone groups is 1. The van der Waals surface area contributed by atoms with E-state index >= 15 is 0 Å². The molecule has 2 heterocycles. The van der Waals surface area contributed by atoms with Crippen LogP contribution in [0, 0.1) is 0 Å². The molecule has 1 fully saturated rings. The van der Waals surface area contributed by atoms with Crippen LogP contribution in [0.1, 0.15) is 44.9 Å². The van der Waals surface area contributed by atoms with Gasteiger partial charge in [-0.1, -0.05) is 13.8 Å². The molecule has 1 aliphatic heterocycles. The highest BCUT2D eigenvalue weighted by molar-refractivity contribution is 7.91. The number of carbonyl (C=O) groups is 1. The van der Waals surface area contributed by atoms with Gasteiger partial charge in [-0.15, -0.1) is 5.10 Å². The molecule has 112 valence electrons. The molecule has 20 heavy (non-hydrogen) atoms. The van der Waals surface area contributed by atoms with Crippen LogP contribution in [0.5, 0.6) is 0 Å². The number of hydrogen-bond acceptors (Lipinski definition) is 6. The fourth-order valence-corrected chi connectivity index (χ4v) is 4.43. The van der Waals surface area contributed by atoms with Crippen LogP contribution in [-0.2, 0) is 20.2 Å². The Kier molecular flexibility index (Phi) is 3.81. The highest BCUT2D eigenvalue weighted by Gasteiger charge is 2.43. The van der Waals surface area contributed by atoms with E-state index in [0.29, 0.717) is 25.1 Å². The van der Waals surface area contributed by atoms with Crippen LogP contribution in [-0.4, -0.2) is 51.2 Å². The largest absolute Gasteiger partial charge is 0.479 e. The second-order valence-electron chi connectivity index (χ2n) is 5.09. The van der Waals surface area contributed by atoms with Gasteiger partial charge in [0.1, 0.15) is 0 Å². The Balaban J connectivity index is 2.45. The van der Waals surface area contributed by atoms with E-state index in [9.17, 15) is 18.3 Å². The molecule has 0 spiro atoms. The van der Waals surface area contributed by atoms with Crippen LogP contribution < -0.4 is 0 Å². The van der Waals surface area contributed by atoms with E-state index < -0.39 is 21.3 Å². The van der Waals surface area contributed by atoms with Gasteiger partial charge in [0.05, 0.1) is 11.5 Å². The Morgan fingerprint density at radius 3 is 2.55 bits per heavy atom. The van der Waals surface area contributed by atoms with Gasteiger partial charge in [0.25, 0.3) is 0 Å². The number of aromatic nitrogens is 4. The molecule has 1 aromatic rings. The summed E-state index contributed by atoms with van der Waals surface area (Å²) in [6, 6.07) is 0. The molecule has 1 atom stereocenters. The van der Waals surface area contributed by atoms with Crippen molar-refractivity contribution in [1.29, 1.82) is 0 Å². The van der Waals surface area contributed by atoms with Crippen LogP contribution >= 0.6 is 0 Å². The van der Waals surface area contributed by atoms with E-state index in [0.717, 1.165) is 0 Å². The molecule has 8 nitrogen and oxygen atoms in total. The number of rotatable bonds is 5. The van der Waals surface area contributed by atoms with Crippen LogP contribution in [0.3, 0.4) is 0 Å². The fourth-order valence-electron chi connectivity index (χ4n) is 2.69. The molecule has 1 saturated heterocycles. The van der Waals surface area contributed by atoms with Gasteiger partial charge >= 0.3 is 5.97 Å². The minimum absolute atomic E-state index is 0.0174. The van der Waals surface area contributed by atoms with Crippen molar-refractivity contribution in [2.75, 3.05) is 11.5 Å². The molecule has 1 aromatic heterocycles. The molecule has 9 heteroatoms. The second-order valence-corrected chi connectivity index (χ2v) is 7.32. The predicted molar refractivity (Wildman–Crippen MR) is 70.0 cm³/mol. The van der Waals surface area contributed by atoms with E-state index in [4.69, 9.17) is 0 Å². The normalized spacial score (nSPS) is 22.0. The molecular formula is C11H18N4O4S. The predicted octanol–water partition coefficient (Wildman–Crippen LogP) is 0.175. The monoisotopic (exact) mass is 302 g/mol. The van der Waals surface area contributed by atoms with Crippen molar-refractivity contribution in [2.45, 2.75) is 44.6 Å². The molecule has 0 bridgehead atoms. The summed E-state index contributed by atoms with van der Waals surface area (Å²) in [4.78, 5) is 11.6. The Hall–Kier alpha value is -1.51. The maximum absolute atomic E-state index is 11.6. The quantitative estimate of drug-likeness (QED) is 0.824. The maximum atomic E-state index is 11.6. The van der Waals surface area contributed by atoms with Crippen LogP contribution in [0.15, 0.2) is 0 Å². The van der Waals surface area contributed by atoms with Crippen LogP contribution in [0.2, 0.25) is 0 Å². The van der Waals surface area contributed by atoms with E-state index in [1.807, 2.05) is 0 Å². The van der Waals surface area contributed by atoms with Gasteiger partial charge in [-0.05, 0) is 29.7 Å². The lowest BCUT2D eigenvalue weighted by molar-refractivity contribution is -0.149. The first-order chi connectivity index (χ1) is 9.36. The molecule has 0 aromatic carbocycles. The first kappa shape index (κ1) is 14.9. The number of nitrogens with zero attached hydrogens (tertiary/aromatic N) is 4. The second kappa shape index (κ2) is 5.12. The molecule has 0 amide bonds. The summed E-state index contributed by atoms with van der Waals surface area (Å²) in [5.41, 5.74) is -1.22. The fraction of sp³-hybridized carbons (Fsp3) is 0.818. The third-order valence-corrected chi connectivity index (χ3v) is 5.83. The standard InChI is InChI=1S/C11H18N4O4S/c1-3-11(4-2,10(16)17)15-9(12-13-14-15)8-5-6-20(18,19)7-8/h8H,3-7H2,1-2H3,(H,16,17). The maximum Gasteiger partial charge on any atom is 0.331 e. The van der Waals surface area contributed by atoms with E-state index in [1.165, 1.54) is 4.68 Å². The average molecular weight is 302 g/mol. The molecule has 1 aliphatic rings. The van der Waals surface area contributed by atoms with Crippen molar-refractivity contribution in [3.8, 4) is 0 Å². The average Bonchev–Trinajstić information content (AvgIpc) is 2.98. The molecule has 0 saturated carbocycles. The topological polar surface area (TPSA) is 115 Å². The highest BCUT2D eigenvalue weighted by atomic mass is 32.2. The number of carboxylic acids is 1. The molecule has 1 unspecified atom stereocenters. The zero-order valence-corrected chi connectivity index (χ0v) is 12.3. The summed E-state index contributed by atoms with van der Waals surface area (Å²) in [6.07, 6.45) is 1.10.